The van der Waals surface area contributed by atoms with Gasteiger partial charge in [0, 0.05) is 5.75 Å². The minimum atomic E-state index is -0.419. The van der Waals surface area contributed by atoms with Gasteiger partial charge in [-0.25, -0.2) is 9.49 Å². The predicted octanol–water partition coefficient (Wildman–Crippen LogP) is 1.69. The van der Waals surface area contributed by atoms with Gasteiger partial charge in [0.1, 0.15) is 5.82 Å². The zero-order chi connectivity index (χ0) is 12.3. The van der Waals surface area contributed by atoms with Crippen LogP contribution in [-0.4, -0.2) is 15.2 Å². The maximum atomic E-state index is 12.9. The van der Waals surface area contributed by atoms with Crippen LogP contribution in [0.1, 0.15) is 11.1 Å². The molecule has 0 saturated carbocycles. The van der Waals surface area contributed by atoms with Crippen LogP contribution in [0.5, 0.6) is 0 Å². The summed E-state index contributed by atoms with van der Waals surface area (Å²) in [5.74, 6) is 0.310. The third kappa shape index (κ3) is 2.73. The summed E-state index contributed by atoms with van der Waals surface area (Å²) in [4.78, 5) is 3.92. The van der Waals surface area contributed by atoms with E-state index in [-0.39, 0.29) is 5.95 Å². The van der Waals surface area contributed by atoms with Gasteiger partial charge in [-0.2, -0.15) is 10.2 Å². The van der Waals surface area contributed by atoms with Gasteiger partial charge in [-0.1, -0.05) is 17.8 Å². The molecule has 0 aliphatic rings. The van der Waals surface area contributed by atoms with Crippen LogP contribution in [0.25, 0.3) is 0 Å². The third-order valence-corrected chi connectivity index (χ3v) is 2.93. The van der Waals surface area contributed by atoms with E-state index in [1.807, 2.05) is 6.07 Å². The second kappa shape index (κ2) is 4.84. The van der Waals surface area contributed by atoms with Crippen LogP contribution in [0.2, 0.25) is 0 Å². The van der Waals surface area contributed by atoms with Crippen molar-refractivity contribution < 1.29 is 4.39 Å². The minimum absolute atomic E-state index is 0.243. The Kier molecular flexibility index (Phi) is 3.25. The number of nitriles is 1. The standard InChI is InChI=1S/C10H8FN5S/c11-8-2-1-6(7(3-8)4-12)5-17-10-14-9(13)15-16-10/h1-3H,5H2,(H3,13,14,15,16). The van der Waals surface area contributed by atoms with Gasteiger partial charge in [-0.3, -0.25) is 0 Å². The molecule has 1 aromatic heterocycles. The molecule has 7 heteroatoms. The van der Waals surface area contributed by atoms with Crippen molar-refractivity contribution in [2.24, 2.45) is 0 Å². The summed E-state index contributed by atoms with van der Waals surface area (Å²) >= 11 is 1.32. The second-order valence-electron chi connectivity index (χ2n) is 3.21. The lowest BCUT2D eigenvalue weighted by molar-refractivity contribution is 0.627. The first-order valence-electron chi connectivity index (χ1n) is 4.68. The fourth-order valence-corrected chi connectivity index (χ4v) is 2.05. The van der Waals surface area contributed by atoms with Crippen molar-refractivity contribution >= 4 is 17.7 Å². The predicted molar refractivity (Wildman–Crippen MR) is 61.5 cm³/mol. The monoisotopic (exact) mass is 249 g/mol. The quantitative estimate of drug-likeness (QED) is 0.808. The van der Waals surface area contributed by atoms with Crippen LogP contribution in [-0.2, 0) is 5.75 Å². The first-order valence-corrected chi connectivity index (χ1v) is 5.67. The van der Waals surface area contributed by atoms with Crippen LogP contribution in [0.4, 0.5) is 10.3 Å². The van der Waals surface area contributed by atoms with Crippen LogP contribution < -0.4 is 5.73 Å². The third-order valence-electron chi connectivity index (χ3n) is 2.03. The van der Waals surface area contributed by atoms with Crippen molar-refractivity contribution in [3.05, 3.63) is 35.1 Å². The number of anilines is 1. The van der Waals surface area contributed by atoms with Crippen LogP contribution in [0.15, 0.2) is 23.4 Å². The Bertz CT molecular complexity index is 574. The number of H-pyrrole nitrogens is 1. The lowest BCUT2D eigenvalue weighted by Crippen LogP contribution is -1.90. The van der Waals surface area contributed by atoms with Gasteiger partial charge in [-0.05, 0) is 17.7 Å². The number of benzene rings is 1. The summed E-state index contributed by atoms with van der Waals surface area (Å²) in [6.45, 7) is 0. The van der Waals surface area contributed by atoms with E-state index < -0.39 is 5.82 Å². The Morgan fingerprint density at radius 3 is 3.00 bits per heavy atom. The lowest BCUT2D eigenvalue weighted by atomic mass is 10.1. The second-order valence-corrected chi connectivity index (χ2v) is 4.15. The highest BCUT2D eigenvalue weighted by Crippen LogP contribution is 2.22. The number of nitrogen functional groups attached to an aromatic ring is 1. The molecule has 0 unspecified atom stereocenters. The van der Waals surface area contributed by atoms with Gasteiger partial charge in [-0.15, -0.1) is 5.10 Å². The van der Waals surface area contributed by atoms with E-state index in [4.69, 9.17) is 11.0 Å². The number of aromatic amines is 1. The molecule has 0 spiro atoms. The summed E-state index contributed by atoms with van der Waals surface area (Å²) in [5.41, 5.74) is 6.44. The van der Waals surface area contributed by atoms with Gasteiger partial charge in [0.05, 0.1) is 11.6 Å². The zero-order valence-corrected chi connectivity index (χ0v) is 9.46. The average Bonchev–Trinajstić information content (AvgIpc) is 2.73. The summed E-state index contributed by atoms with van der Waals surface area (Å²) in [6.07, 6.45) is 0. The van der Waals surface area contributed by atoms with Crippen molar-refractivity contribution in [3.8, 4) is 6.07 Å². The van der Waals surface area contributed by atoms with Crippen molar-refractivity contribution in [1.29, 1.82) is 5.26 Å². The topological polar surface area (TPSA) is 91.4 Å². The molecule has 5 nitrogen and oxygen atoms in total. The number of nitrogens with zero attached hydrogens (tertiary/aromatic N) is 3. The van der Waals surface area contributed by atoms with Crippen LogP contribution in [0.3, 0.4) is 0 Å². The molecule has 0 aliphatic carbocycles. The Balaban J connectivity index is 2.12. The van der Waals surface area contributed by atoms with E-state index in [1.54, 1.807) is 6.07 Å². The molecule has 2 rings (SSSR count). The number of nitrogens with one attached hydrogen (secondary N) is 1. The fraction of sp³-hybridized carbons (Fsp3) is 0.100. The fourth-order valence-electron chi connectivity index (χ4n) is 1.24. The average molecular weight is 249 g/mol. The molecule has 86 valence electrons. The number of nitrogens with two attached hydrogens (primary N) is 1. The number of halogens is 1. The van der Waals surface area contributed by atoms with E-state index in [2.05, 4.69) is 15.2 Å². The number of aromatic nitrogens is 3. The van der Waals surface area contributed by atoms with Crippen molar-refractivity contribution in [2.75, 3.05) is 5.73 Å². The number of thioether (sulfide) groups is 1. The van der Waals surface area contributed by atoms with Gasteiger partial charge in [0.15, 0.2) is 0 Å². The van der Waals surface area contributed by atoms with E-state index in [0.29, 0.717) is 16.5 Å². The van der Waals surface area contributed by atoms with E-state index in [0.717, 1.165) is 5.56 Å². The van der Waals surface area contributed by atoms with E-state index in [9.17, 15) is 4.39 Å². The Morgan fingerprint density at radius 2 is 2.35 bits per heavy atom. The summed E-state index contributed by atoms with van der Waals surface area (Å²) in [6, 6.07) is 6.06. The van der Waals surface area contributed by atoms with E-state index >= 15 is 0 Å². The highest BCUT2D eigenvalue weighted by Gasteiger charge is 2.06. The number of hydrogen-bond acceptors (Lipinski definition) is 5. The first kappa shape index (κ1) is 11.4. The Morgan fingerprint density at radius 1 is 1.53 bits per heavy atom. The first-order chi connectivity index (χ1) is 8.19. The largest absolute Gasteiger partial charge is 0.368 e. The highest BCUT2D eigenvalue weighted by atomic mass is 32.2. The van der Waals surface area contributed by atoms with Gasteiger partial charge >= 0.3 is 0 Å². The maximum absolute atomic E-state index is 12.9. The molecule has 17 heavy (non-hydrogen) atoms. The smallest absolute Gasteiger partial charge is 0.216 e. The van der Waals surface area contributed by atoms with Crippen LogP contribution >= 0.6 is 11.8 Å². The number of rotatable bonds is 3. The van der Waals surface area contributed by atoms with Crippen molar-refractivity contribution in [1.82, 2.24) is 15.2 Å². The van der Waals surface area contributed by atoms with Gasteiger partial charge in [0.2, 0.25) is 11.1 Å². The summed E-state index contributed by atoms with van der Waals surface area (Å²) < 4.78 is 12.9. The van der Waals surface area contributed by atoms with Crippen molar-refractivity contribution in [3.63, 3.8) is 0 Å². The molecule has 0 amide bonds. The molecule has 0 radical (unpaired) electrons. The van der Waals surface area contributed by atoms with Gasteiger partial charge < -0.3 is 5.73 Å². The molecule has 1 aromatic carbocycles. The molecular formula is C10H8FN5S. The van der Waals surface area contributed by atoms with E-state index in [1.165, 1.54) is 23.9 Å². The highest BCUT2D eigenvalue weighted by molar-refractivity contribution is 7.98. The van der Waals surface area contributed by atoms with Crippen LogP contribution in [0, 0.1) is 17.1 Å². The normalized spacial score (nSPS) is 10.1. The minimum Gasteiger partial charge on any atom is -0.368 e. The summed E-state index contributed by atoms with van der Waals surface area (Å²) in [5, 5.41) is 15.7. The molecule has 0 bridgehead atoms. The molecule has 0 aliphatic heterocycles. The molecule has 1 heterocycles. The zero-order valence-electron chi connectivity index (χ0n) is 8.64. The Labute approximate surface area is 101 Å². The molecule has 0 atom stereocenters. The molecule has 3 N–H and O–H groups in total. The molecule has 2 aromatic rings. The van der Waals surface area contributed by atoms with Gasteiger partial charge in [0.25, 0.3) is 0 Å². The Hall–Kier alpha value is -2.07. The van der Waals surface area contributed by atoms with Crippen molar-refractivity contribution in [2.45, 2.75) is 10.9 Å². The SMILES string of the molecule is N#Cc1cc(F)ccc1CSc1n[nH]c(N)n1. The maximum Gasteiger partial charge on any atom is 0.216 e. The lowest BCUT2D eigenvalue weighted by Gasteiger charge is -2.01. The molecule has 0 saturated heterocycles. The number of hydrogen-bond donors (Lipinski definition) is 2. The molecular weight excluding hydrogens is 241 g/mol. The molecule has 0 fully saturated rings. The summed E-state index contributed by atoms with van der Waals surface area (Å²) in [7, 11) is 0.